The highest BCUT2D eigenvalue weighted by Gasteiger charge is 2.34. The number of likely N-dealkylation sites (tertiary alicyclic amines) is 1. The first-order valence-electron chi connectivity index (χ1n) is 17.1. The lowest BCUT2D eigenvalue weighted by atomic mass is 9.98. The number of nitrogens with zero attached hydrogens (tertiary/aromatic N) is 2. The number of rotatable bonds is 13. The third kappa shape index (κ3) is 8.83. The van der Waals surface area contributed by atoms with Gasteiger partial charge in [0.15, 0.2) is 6.29 Å². The number of fused-ring (bicyclic) bond motifs is 1. The third-order valence-corrected chi connectivity index (χ3v) is 9.50. The van der Waals surface area contributed by atoms with Gasteiger partial charge < -0.3 is 29.8 Å². The highest BCUT2D eigenvalue weighted by molar-refractivity contribution is 5.90. The largest absolute Gasteiger partial charge is 0.392 e. The van der Waals surface area contributed by atoms with Crippen LogP contribution < -0.4 is 16.5 Å². The van der Waals surface area contributed by atoms with E-state index in [2.05, 4.69) is 15.2 Å². The number of imidazole rings is 1. The van der Waals surface area contributed by atoms with Gasteiger partial charge in [-0.05, 0) is 61.1 Å². The quantitative estimate of drug-likeness (QED) is 0.0747. The van der Waals surface area contributed by atoms with Crippen molar-refractivity contribution in [3.63, 3.8) is 0 Å². The zero-order chi connectivity index (χ0) is 34.2. The molecule has 5 N–H and O–H groups in total. The number of piperidine rings is 1. The number of hydrogen-bond acceptors (Lipinski definition) is 8. The van der Waals surface area contributed by atoms with Crippen LogP contribution in [0.3, 0.4) is 0 Å². The summed E-state index contributed by atoms with van der Waals surface area (Å²) in [7, 11) is 0. The molecule has 0 radical (unpaired) electrons. The smallest absolute Gasteiger partial charge is 0.326 e. The number of H-pyrrole nitrogens is 1. The maximum absolute atomic E-state index is 12.8. The molecule has 0 aliphatic carbocycles. The summed E-state index contributed by atoms with van der Waals surface area (Å²) in [4.78, 5) is 42.0. The summed E-state index contributed by atoms with van der Waals surface area (Å²) < 4.78 is 15.1. The van der Waals surface area contributed by atoms with E-state index in [0.29, 0.717) is 37.8 Å². The van der Waals surface area contributed by atoms with E-state index < -0.39 is 12.2 Å². The number of hydrogen-bond donors (Lipinski definition) is 5. The molecule has 49 heavy (non-hydrogen) atoms. The van der Waals surface area contributed by atoms with Crippen LogP contribution in [0.2, 0.25) is 0 Å². The topological polar surface area (TPSA) is 158 Å². The van der Waals surface area contributed by atoms with Crippen molar-refractivity contribution in [2.45, 2.75) is 82.5 Å². The molecule has 260 valence electrons. The van der Waals surface area contributed by atoms with Crippen molar-refractivity contribution in [1.29, 1.82) is 0 Å². The van der Waals surface area contributed by atoms with Crippen LogP contribution in [0, 0.1) is 0 Å². The summed E-state index contributed by atoms with van der Waals surface area (Å²) in [6.07, 6.45) is 3.84. The number of anilines is 1. The van der Waals surface area contributed by atoms with Crippen molar-refractivity contribution in [2.24, 2.45) is 0 Å². The molecule has 4 aromatic rings. The van der Waals surface area contributed by atoms with Crippen LogP contribution in [-0.2, 0) is 25.7 Å². The Morgan fingerprint density at radius 1 is 0.878 bits per heavy atom. The van der Waals surface area contributed by atoms with Crippen LogP contribution in [0.15, 0.2) is 77.6 Å². The minimum Gasteiger partial charge on any atom is -0.392 e. The molecule has 2 amide bonds. The summed E-state index contributed by atoms with van der Waals surface area (Å²) in [5.74, 6) is -0.545. The minimum absolute atomic E-state index is 0.0276. The molecule has 2 fully saturated rings. The molecular formula is C37H45N5O7. The molecule has 12 heteroatoms. The van der Waals surface area contributed by atoms with E-state index in [1.165, 1.54) is 0 Å². The summed E-state index contributed by atoms with van der Waals surface area (Å²) in [6.45, 7) is 2.37. The number of aliphatic hydroxyl groups excluding tert-OH is 1. The Kier molecular flexibility index (Phi) is 11.5. The number of para-hydroxylation sites is 2. The number of aromatic amines is 1. The van der Waals surface area contributed by atoms with E-state index in [1.807, 2.05) is 77.4 Å². The first kappa shape index (κ1) is 34.5. The second-order valence-corrected chi connectivity index (χ2v) is 13.0. The lowest BCUT2D eigenvalue weighted by Crippen LogP contribution is -2.43. The van der Waals surface area contributed by atoms with E-state index in [1.54, 1.807) is 5.48 Å². The summed E-state index contributed by atoms with van der Waals surface area (Å²) in [5, 5.41) is 21.1. The highest BCUT2D eigenvalue weighted by atomic mass is 16.7. The van der Waals surface area contributed by atoms with Crippen molar-refractivity contribution in [2.75, 3.05) is 25.0 Å². The van der Waals surface area contributed by atoms with Gasteiger partial charge in [0, 0.05) is 56.2 Å². The number of benzene rings is 3. The fourth-order valence-electron chi connectivity index (χ4n) is 6.91. The van der Waals surface area contributed by atoms with Gasteiger partial charge in [0.1, 0.15) is 0 Å². The average Bonchev–Trinajstić information content (AvgIpc) is 3.47. The van der Waals surface area contributed by atoms with Gasteiger partial charge in [-0.2, -0.15) is 0 Å². The van der Waals surface area contributed by atoms with E-state index >= 15 is 0 Å². The van der Waals surface area contributed by atoms with Gasteiger partial charge >= 0.3 is 5.69 Å². The van der Waals surface area contributed by atoms with Crippen LogP contribution in [0.4, 0.5) is 5.69 Å². The number of hydroxylamine groups is 1. The first-order valence-corrected chi connectivity index (χ1v) is 17.1. The summed E-state index contributed by atoms with van der Waals surface area (Å²) >= 11 is 0. The number of aromatic nitrogens is 2. The number of nitrogens with one attached hydrogen (secondary N) is 3. The van der Waals surface area contributed by atoms with E-state index in [-0.39, 0.29) is 42.9 Å². The number of carbonyl (C=O) groups is 2. The van der Waals surface area contributed by atoms with Crippen LogP contribution in [0.5, 0.6) is 0 Å². The Morgan fingerprint density at radius 2 is 1.63 bits per heavy atom. The molecule has 2 aliphatic rings. The maximum atomic E-state index is 12.8. The fourth-order valence-corrected chi connectivity index (χ4v) is 6.91. The predicted octanol–water partition coefficient (Wildman–Crippen LogP) is 5.10. The van der Waals surface area contributed by atoms with Gasteiger partial charge in [-0.3, -0.25) is 19.4 Å². The normalized spacial score (nSPS) is 20.3. The number of carbonyl (C=O) groups excluding carboxylic acids is 2. The highest BCUT2D eigenvalue weighted by Crippen LogP contribution is 2.39. The first-order chi connectivity index (χ1) is 23.9. The van der Waals surface area contributed by atoms with Crippen molar-refractivity contribution >= 4 is 28.5 Å². The molecular weight excluding hydrogens is 626 g/mol. The van der Waals surface area contributed by atoms with Gasteiger partial charge in [0.05, 0.1) is 29.8 Å². The molecule has 0 saturated carbocycles. The molecule has 6 rings (SSSR count). The molecule has 1 aromatic heterocycles. The third-order valence-electron chi connectivity index (χ3n) is 9.50. The summed E-state index contributed by atoms with van der Waals surface area (Å²) in [6, 6.07) is 23.3. The van der Waals surface area contributed by atoms with E-state index in [4.69, 9.17) is 14.7 Å². The number of aliphatic hydroxyl groups is 1. The van der Waals surface area contributed by atoms with Crippen LogP contribution in [0.1, 0.15) is 86.5 Å². The van der Waals surface area contributed by atoms with Crippen LogP contribution >= 0.6 is 0 Å². The molecule has 12 nitrogen and oxygen atoms in total. The number of ether oxygens (including phenoxy) is 2. The van der Waals surface area contributed by atoms with Crippen molar-refractivity contribution in [3.05, 3.63) is 100.0 Å². The zero-order valence-corrected chi connectivity index (χ0v) is 27.6. The SMILES string of the molecule is O=C(CCCCCC(=O)Nc1cccc([C@H]2O[C@@H](CN3CCC(n4c(=O)[nH]c5ccccc54)CC3)C[C@@H](c3ccc(CO)cc3)O2)c1)NO. The molecule has 0 bridgehead atoms. The van der Waals surface area contributed by atoms with Crippen LogP contribution in [0.25, 0.3) is 11.0 Å². The van der Waals surface area contributed by atoms with Gasteiger partial charge in [-0.25, -0.2) is 10.3 Å². The number of amides is 2. The lowest BCUT2D eigenvalue weighted by Gasteiger charge is -2.40. The second-order valence-electron chi connectivity index (χ2n) is 13.0. The Bertz CT molecular complexity index is 1760. The van der Waals surface area contributed by atoms with Gasteiger partial charge in [-0.15, -0.1) is 0 Å². The Hall–Kier alpha value is -4.33. The standard InChI is InChI=1S/C37H45N5O7/c43-24-25-13-15-26(16-14-25)33-22-30(23-41-19-17-29(18-20-41)42-32-10-5-4-9-31(32)39-37(42)46)48-36(49-33)27-7-6-8-28(21-27)38-34(44)11-2-1-3-12-35(45)40-47/h4-10,13-16,21,29-30,33,36,43,47H,1-3,11-12,17-20,22-24H2,(H,38,44)(H,39,46)(H,40,45)/t30-,33+,36+/m1/s1. The monoisotopic (exact) mass is 671 g/mol. The van der Waals surface area contributed by atoms with Crippen molar-refractivity contribution < 1.29 is 29.4 Å². The average molecular weight is 672 g/mol. The fraction of sp³-hybridized carbons (Fsp3) is 0.432. The molecule has 2 aliphatic heterocycles. The van der Waals surface area contributed by atoms with Crippen molar-refractivity contribution in [1.82, 2.24) is 19.9 Å². The Balaban J connectivity index is 1.10. The van der Waals surface area contributed by atoms with Gasteiger partial charge in [0.2, 0.25) is 11.8 Å². The van der Waals surface area contributed by atoms with Gasteiger partial charge in [0.25, 0.3) is 0 Å². The van der Waals surface area contributed by atoms with Crippen molar-refractivity contribution in [3.8, 4) is 0 Å². The molecule has 0 unspecified atom stereocenters. The van der Waals surface area contributed by atoms with E-state index in [9.17, 15) is 19.5 Å². The molecule has 2 saturated heterocycles. The zero-order valence-electron chi connectivity index (χ0n) is 27.6. The molecule has 3 aromatic carbocycles. The lowest BCUT2D eigenvalue weighted by molar-refractivity contribution is -0.253. The van der Waals surface area contributed by atoms with Gasteiger partial charge in [-0.1, -0.05) is 55.0 Å². The number of unbranched alkanes of at least 4 members (excludes halogenated alkanes) is 2. The van der Waals surface area contributed by atoms with Crippen LogP contribution in [-0.4, -0.2) is 62.3 Å². The Labute approximate surface area is 285 Å². The molecule has 3 heterocycles. The predicted molar refractivity (Wildman–Crippen MR) is 184 cm³/mol. The second kappa shape index (κ2) is 16.4. The molecule has 3 atom stereocenters. The van der Waals surface area contributed by atoms with E-state index in [0.717, 1.165) is 60.2 Å². The maximum Gasteiger partial charge on any atom is 0.326 e. The minimum atomic E-state index is -0.655. The summed E-state index contributed by atoms with van der Waals surface area (Å²) in [5.41, 5.74) is 6.65. The Morgan fingerprint density at radius 3 is 2.39 bits per heavy atom. The molecule has 0 spiro atoms.